The van der Waals surface area contributed by atoms with Gasteiger partial charge in [0.05, 0.1) is 24.6 Å². The maximum Gasteiger partial charge on any atom is 0.0594 e. The van der Waals surface area contributed by atoms with Crippen molar-refractivity contribution in [3.05, 3.63) is 0 Å². The third-order valence-electron chi connectivity index (χ3n) is 8.44. The van der Waals surface area contributed by atoms with Crippen LogP contribution in [0.15, 0.2) is 0 Å². The molecular formula is C34H72P+. The van der Waals surface area contributed by atoms with Crippen LogP contribution in [0.3, 0.4) is 0 Å². The molecule has 1 heteroatoms. The highest BCUT2D eigenvalue weighted by atomic mass is 31.2. The van der Waals surface area contributed by atoms with Gasteiger partial charge in [0, 0.05) is 7.26 Å². The van der Waals surface area contributed by atoms with E-state index in [9.17, 15) is 0 Å². The van der Waals surface area contributed by atoms with Crippen molar-refractivity contribution in [3.63, 3.8) is 0 Å². The van der Waals surface area contributed by atoms with Crippen LogP contribution in [0.5, 0.6) is 0 Å². The van der Waals surface area contributed by atoms with E-state index in [2.05, 4.69) is 27.7 Å². The van der Waals surface area contributed by atoms with E-state index in [0.29, 0.717) is 0 Å². The summed E-state index contributed by atoms with van der Waals surface area (Å²) in [7, 11) is -0.726. The molecule has 0 aliphatic heterocycles. The SMILES string of the molecule is CCCCCCCCCC[P+](CCCCCCC)(CCCCCCC)CCCCCCCCCC. The lowest BCUT2D eigenvalue weighted by Gasteiger charge is -2.28. The van der Waals surface area contributed by atoms with Gasteiger partial charge in [-0.05, 0) is 51.4 Å². The molecule has 0 aromatic heterocycles. The molecule has 0 rings (SSSR count). The third kappa shape index (κ3) is 24.5. The molecule has 0 saturated carbocycles. The Labute approximate surface area is 226 Å². The fraction of sp³-hybridized carbons (Fsp3) is 1.00. The maximum absolute atomic E-state index is 2.36. The molecule has 0 saturated heterocycles. The lowest BCUT2D eigenvalue weighted by molar-refractivity contribution is 0.582. The average molecular weight is 512 g/mol. The zero-order valence-corrected chi connectivity index (χ0v) is 26.6. The van der Waals surface area contributed by atoms with Gasteiger partial charge in [0.1, 0.15) is 0 Å². The topological polar surface area (TPSA) is 0 Å². The van der Waals surface area contributed by atoms with Crippen molar-refractivity contribution in [2.45, 2.75) is 195 Å². The fourth-order valence-corrected chi connectivity index (χ4v) is 10.9. The van der Waals surface area contributed by atoms with Crippen molar-refractivity contribution in [2.24, 2.45) is 0 Å². The Balaban J connectivity index is 4.68. The van der Waals surface area contributed by atoms with Crippen LogP contribution in [0, 0.1) is 0 Å². The summed E-state index contributed by atoms with van der Waals surface area (Å²) in [6.07, 6.45) is 45.1. The van der Waals surface area contributed by atoms with Crippen molar-refractivity contribution in [1.82, 2.24) is 0 Å². The van der Waals surface area contributed by atoms with E-state index in [4.69, 9.17) is 0 Å². The Kier molecular flexibility index (Phi) is 29.3. The first-order valence-corrected chi connectivity index (χ1v) is 19.6. The molecule has 0 N–H and O–H groups in total. The summed E-state index contributed by atoms with van der Waals surface area (Å²) in [6.45, 7) is 9.39. The van der Waals surface area contributed by atoms with Gasteiger partial charge in [0.2, 0.25) is 0 Å². The molecule has 0 radical (unpaired) electrons. The first-order chi connectivity index (χ1) is 17.2. The largest absolute Gasteiger partial charge is 0.0654 e. The number of rotatable bonds is 30. The monoisotopic (exact) mass is 512 g/mol. The molecule has 0 bridgehead atoms. The molecule has 0 amide bonds. The normalized spacial score (nSPS) is 12.0. The number of hydrogen-bond acceptors (Lipinski definition) is 0. The van der Waals surface area contributed by atoms with Gasteiger partial charge in [-0.25, -0.2) is 0 Å². The van der Waals surface area contributed by atoms with Gasteiger partial charge in [0.15, 0.2) is 0 Å². The third-order valence-corrected chi connectivity index (χ3v) is 13.5. The average Bonchev–Trinajstić information content (AvgIpc) is 2.87. The molecule has 0 nitrogen and oxygen atoms in total. The van der Waals surface area contributed by atoms with Crippen LogP contribution in [0.25, 0.3) is 0 Å². The van der Waals surface area contributed by atoms with Gasteiger partial charge in [-0.2, -0.15) is 0 Å². The van der Waals surface area contributed by atoms with E-state index in [0.717, 1.165) is 0 Å². The summed E-state index contributed by atoms with van der Waals surface area (Å²) in [6, 6.07) is 0. The van der Waals surface area contributed by atoms with Crippen molar-refractivity contribution in [1.29, 1.82) is 0 Å². The zero-order chi connectivity index (χ0) is 25.7. The molecule has 35 heavy (non-hydrogen) atoms. The molecule has 0 aliphatic carbocycles. The minimum Gasteiger partial charge on any atom is -0.0654 e. The van der Waals surface area contributed by atoms with Gasteiger partial charge in [-0.15, -0.1) is 0 Å². The second-order valence-corrected chi connectivity index (χ2v) is 16.5. The van der Waals surface area contributed by atoms with Crippen LogP contribution < -0.4 is 0 Å². The first-order valence-electron chi connectivity index (χ1n) is 17.1. The highest BCUT2D eigenvalue weighted by molar-refractivity contribution is 7.75. The molecule has 0 spiro atoms. The molecule has 0 atom stereocenters. The molecule has 0 heterocycles. The zero-order valence-electron chi connectivity index (χ0n) is 25.7. The standard InChI is InChI=1S/C34H72P/c1-5-9-13-17-19-21-25-29-33-35(31-27-23-15-11-7-3,32-28-24-16-12-8-4)34-30-26-22-20-18-14-10-6-2/h5-34H2,1-4H3/q+1. The van der Waals surface area contributed by atoms with Crippen LogP contribution in [-0.4, -0.2) is 24.6 Å². The lowest BCUT2D eigenvalue weighted by Crippen LogP contribution is -2.13. The maximum atomic E-state index is 2.36. The quantitative estimate of drug-likeness (QED) is 0.0664. The predicted molar refractivity (Wildman–Crippen MR) is 169 cm³/mol. The van der Waals surface area contributed by atoms with E-state index in [-0.39, 0.29) is 0 Å². The summed E-state index contributed by atoms with van der Waals surface area (Å²) in [5.74, 6) is 0. The molecular weight excluding hydrogens is 439 g/mol. The highest BCUT2D eigenvalue weighted by Gasteiger charge is 2.34. The first kappa shape index (κ1) is 35.4. The molecule has 212 valence electrons. The van der Waals surface area contributed by atoms with Crippen LogP contribution >= 0.6 is 7.26 Å². The van der Waals surface area contributed by atoms with Gasteiger partial charge in [-0.3, -0.25) is 0 Å². The molecule has 0 aromatic rings. The van der Waals surface area contributed by atoms with E-state index >= 15 is 0 Å². The van der Waals surface area contributed by atoms with E-state index in [1.54, 1.807) is 50.3 Å². The summed E-state index contributed by atoms with van der Waals surface area (Å²) in [5, 5.41) is 0. The Morgan fingerprint density at radius 2 is 0.400 bits per heavy atom. The highest BCUT2D eigenvalue weighted by Crippen LogP contribution is 2.61. The van der Waals surface area contributed by atoms with E-state index in [1.807, 2.05) is 0 Å². The van der Waals surface area contributed by atoms with Gasteiger partial charge >= 0.3 is 0 Å². The van der Waals surface area contributed by atoms with Crippen LogP contribution in [0.1, 0.15) is 195 Å². The van der Waals surface area contributed by atoms with Gasteiger partial charge in [-0.1, -0.05) is 143 Å². The number of unbranched alkanes of at least 4 members (excludes halogenated alkanes) is 22. The van der Waals surface area contributed by atoms with E-state index < -0.39 is 7.26 Å². The minimum absolute atomic E-state index is 0.726. The van der Waals surface area contributed by atoms with Crippen molar-refractivity contribution >= 4 is 7.26 Å². The van der Waals surface area contributed by atoms with Crippen LogP contribution in [0.2, 0.25) is 0 Å². The van der Waals surface area contributed by atoms with Crippen LogP contribution in [-0.2, 0) is 0 Å². The van der Waals surface area contributed by atoms with Crippen molar-refractivity contribution < 1.29 is 0 Å². The summed E-state index contributed by atoms with van der Waals surface area (Å²) >= 11 is 0. The number of hydrogen-bond donors (Lipinski definition) is 0. The van der Waals surface area contributed by atoms with Gasteiger partial charge in [0.25, 0.3) is 0 Å². The minimum atomic E-state index is -0.726. The van der Waals surface area contributed by atoms with E-state index in [1.165, 1.54) is 141 Å². The smallest absolute Gasteiger partial charge is 0.0594 e. The molecule has 0 unspecified atom stereocenters. The van der Waals surface area contributed by atoms with Gasteiger partial charge < -0.3 is 0 Å². The fourth-order valence-electron chi connectivity index (χ4n) is 5.93. The Morgan fingerprint density at radius 1 is 0.229 bits per heavy atom. The second kappa shape index (κ2) is 29.0. The summed E-state index contributed by atoms with van der Waals surface area (Å²) < 4.78 is 0. The molecule has 0 fully saturated rings. The lowest BCUT2D eigenvalue weighted by atomic mass is 10.1. The summed E-state index contributed by atoms with van der Waals surface area (Å²) in [4.78, 5) is 0. The molecule has 0 aromatic carbocycles. The van der Waals surface area contributed by atoms with Crippen molar-refractivity contribution in [2.75, 3.05) is 24.6 Å². The second-order valence-electron chi connectivity index (χ2n) is 12.0. The Hall–Kier alpha value is 0.430. The predicted octanol–water partition coefficient (Wildman–Crippen LogP) is 13.2. The Bertz CT molecular complexity index is 341. The van der Waals surface area contributed by atoms with Crippen LogP contribution in [0.4, 0.5) is 0 Å². The summed E-state index contributed by atoms with van der Waals surface area (Å²) in [5.41, 5.74) is 0. The molecule has 0 aliphatic rings. The van der Waals surface area contributed by atoms with Crippen molar-refractivity contribution in [3.8, 4) is 0 Å². The Morgan fingerprint density at radius 3 is 0.600 bits per heavy atom.